The van der Waals surface area contributed by atoms with Crippen LogP contribution in [0.5, 0.6) is 0 Å². The molecule has 0 saturated heterocycles. The van der Waals surface area contributed by atoms with E-state index >= 15 is 0 Å². The number of halogens is 5. The zero-order chi connectivity index (χ0) is 23.5. The van der Waals surface area contributed by atoms with Crippen LogP contribution >= 0.6 is 0 Å². The molecule has 3 aliphatic rings. The summed E-state index contributed by atoms with van der Waals surface area (Å²) in [5.41, 5.74) is 1.13. The van der Waals surface area contributed by atoms with Gasteiger partial charge in [0, 0.05) is 24.1 Å². The summed E-state index contributed by atoms with van der Waals surface area (Å²) < 4.78 is 69.9. The summed E-state index contributed by atoms with van der Waals surface area (Å²) in [5, 5.41) is 3.35. The minimum atomic E-state index is -4.78. The van der Waals surface area contributed by atoms with Gasteiger partial charge in [-0.1, -0.05) is 30.1 Å². The largest absolute Gasteiger partial charge is 0.471 e. The summed E-state index contributed by atoms with van der Waals surface area (Å²) in [7, 11) is 0. The number of hydrogen-bond donors (Lipinski definition) is 0. The quantitative estimate of drug-likeness (QED) is 0.490. The number of carbonyl (C=O) groups excluding carboxylic acids is 2. The van der Waals surface area contributed by atoms with Gasteiger partial charge in [-0.2, -0.15) is 18.2 Å². The second-order valence-corrected chi connectivity index (χ2v) is 8.68. The molecule has 2 aliphatic carbocycles. The topological polar surface area (TPSA) is 79.5 Å². The average molecular weight is 470 g/mol. The second-order valence-electron chi connectivity index (χ2n) is 8.68. The van der Waals surface area contributed by atoms with Crippen molar-refractivity contribution in [1.29, 1.82) is 0 Å². The average Bonchev–Trinajstić information content (AvgIpc) is 3.13. The summed E-state index contributed by atoms with van der Waals surface area (Å²) in [6.45, 7) is 0.226. The maximum atomic E-state index is 13.7. The van der Waals surface area contributed by atoms with Crippen LogP contribution in [0, 0.1) is 0 Å². The fourth-order valence-electron chi connectivity index (χ4n) is 4.89. The standard InChI is InChI=1S/C21H19F5N4O3/c22-20(23)8-16(20)30(10-31)15-4-2-1-3-14(15)29-9-12-6-5-11(7-13(12)18(29)32)17-27-19(33-28-17)21(24,25)26/h5-7,10,14-16H,1-4,8-9H2/t14-,15-,16-/m1/s1. The van der Waals surface area contributed by atoms with Crippen LogP contribution in [-0.2, 0) is 17.5 Å². The molecule has 1 aromatic heterocycles. The van der Waals surface area contributed by atoms with Crippen LogP contribution < -0.4 is 0 Å². The van der Waals surface area contributed by atoms with Crippen LogP contribution in [-0.4, -0.2) is 56.3 Å². The third kappa shape index (κ3) is 3.74. The Morgan fingerprint density at radius 1 is 1.21 bits per heavy atom. The molecule has 0 N–H and O–H groups in total. The van der Waals surface area contributed by atoms with Crippen LogP contribution in [0.2, 0.25) is 0 Å². The lowest BCUT2D eigenvalue weighted by atomic mass is 9.88. The van der Waals surface area contributed by atoms with Crippen molar-refractivity contribution >= 4 is 12.3 Å². The number of aromatic nitrogens is 2. The molecule has 12 heteroatoms. The molecule has 1 aromatic carbocycles. The molecule has 2 aromatic rings. The Bertz CT molecular complexity index is 1100. The normalized spacial score (nSPS) is 26.3. The van der Waals surface area contributed by atoms with Gasteiger partial charge in [0.2, 0.25) is 12.2 Å². The Morgan fingerprint density at radius 3 is 2.58 bits per heavy atom. The monoisotopic (exact) mass is 470 g/mol. The molecule has 0 unspecified atom stereocenters. The number of rotatable bonds is 5. The highest BCUT2D eigenvalue weighted by Gasteiger charge is 2.62. The number of fused-ring (bicyclic) bond motifs is 1. The van der Waals surface area contributed by atoms with Crippen LogP contribution in [0.4, 0.5) is 22.0 Å². The number of alkyl halides is 5. The Morgan fingerprint density at radius 2 is 1.94 bits per heavy atom. The van der Waals surface area contributed by atoms with Gasteiger partial charge in [0.1, 0.15) is 6.04 Å². The van der Waals surface area contributed by atoms with Crippen molar-refractivity contribution in [3.8, 4) is 11.4 Å². The summed E-state index contributed by atoms with van der Waals surface area (Å²) >= 11 is 0. The van der Waals surface area contributed by atoms with Crippen molar-refractivity contribution in [3.05, 3.63) is 35.2 Å². The summed E-state index contributed by atoms with van der Waals surface area (Å²) in [5.74, 6) is -5.05. The number of amides is 2. The van der Waals surface area contributed by atoms with Crippen molar-refractivity contribution in [2.45, 2.75) is 68.9 Å². The molecule has 5 rings (SSSR count). The Balaban J connectivity index is 1.40. The molecule has 2 amide bonds. The summed E-state index contributed by atoms with van der Waals surface area (Å²) in [6.07, 6.45) is -2.06. The summed E-state index contributed by atoms with van der Waals surface area (Å²) in [6, 6.07) is 2.43. The van der Waals surface area contributed by atoms with Gasteiger partial charge in [-0.3, -0.25) is 9.59 Å². The molecular formula is C21H19F5N4O3. The lowest BCUT2D eigenvalue weighted by molar-refractivity contribution is -0.159. The van der Waals surface area contributed by atoms with Gasteiger partial charge in [-0.15, -0.1) is 0 Å². The predicted molar refractivity (Wildman–Crippen MR) is 102 cm³/mol. The Kier molecular flexibility index (Phi) is 4.94. The van der Waals surface area contributed by atoms with E-state index in [2.05, 4.69) is 14.7 Å². The van der Waals surface area contributed by atoms with Crippen molar-refractivity contribution in [3.63, 3.8) is 0 Å². The van der Waals surface area contributed by atoms with E-state index in [0.717, 1.165) is 12.8 Å². The number of benzene rings is 1. The molecule has 176 valence electrons. The first-order chi connectivity index (χ1) is 15.6. The van der Waals surface area contributed by atoms with Crippen molar-refractivity contribution in [2.75, 3.05) is 0 Å². The van der Waals surface area contributed by atoms with Gasteiger partial charge in [-0.05, 0) is 24.5 Å². The Hall–Kier alpha value is -3.05. The molecule has 33 heavy (non-hydrogen) atoms. The first-order valence-electron chi connectivity index (χ1n) is 10.6. The number of hydrogen-bond acceptors (Lipinski definition) is 5. The van der Waals surface area contributed by atoms with E-state index < -0.39 is 36.1 Å². The van der Waals surface area contributed by atoms with Gasteiger partial charge < -0.3 is 14.3 Å². The maximum Gasteiger partial charge on any atom is 0.471 e. The highest BCUT2D eigenvalue weighted by atomic mass is 19.4. The Labute approximate surface area is 184 Å². The highest BCUT2D eigenvalue weighted by Crippen LogP contribution is 2.48. The SMILES string of the molecule is O=CN([C@@H]1CCCC[C@H]1N1Cc2ccc(-c3noc(C(F)(F)F)n3)cc2C1=O)[C@@H]1CC1(F)F. The van der Waals surface area contributed by atoms with E-state index in [4.69, 9.17) is 0 Å². The third-order valence-electron chi connectivity index (χ3n) is 6.62. The lowest BCUT2D eigenvalue weighted by Gasteiger charge is -2.42. The van der Waals surface area contributed by atoms with Gasteiger partial charge in [0.15, 0.2) is 0 Å². The fraction of sp³-hybridized carbons (Fsp3) is 0.524. The van der Waals surface area contributed by atoms with E-state index in [-0.39, 0.29) is 35.8 Å². The van der Waals surface area contributed by atoms with Crippen molar-refractivity contribution in [1.82, 2.24) is 19.9 Å². The molecule has 7 nitrogen and oxygen atoms in total. The van der Waals surface area contributed by atoms with Gasteiger partial charge in [0.25, 0.3) is 11.8 Å². The maximum absolute atomic E-state index is 13.7. The van der Waals surface area contributed by atoms with E-state index in [9.17, 15) is 31.5 Å². The van der Waals surface area contributed by atoms with Crippen LogP contribution in [0.15, 0.2) is 22.7 Å². The first-order valence-corrected chi connectivity index (χ1v) is 10.6. The van der Waals surface area contributed by atoms with E-state index in [1.54, 1.807) is 11.0 Å². The molecule has 0 radical (unpaired) electrons. The van der Waals surface area contributed by atoms with Crippen LogP contribution in [0.3, 0.4) is 0 Å². The molecular weight excluding hydrogens is 451 g/mol. The van der Waals surface area contributed by atoms with Gasteiger partial charge >= 0.3 is 12.1 Å². The van der Waals surface area contributed by atoms with Gasteiger partial charge in [0.05, 0.1) is 12.1 Å². The molecule has 3 atom stereocenters. The molecule has 2 saturated carbocycles. The van der Waals surface area contributed by atoms with Crippen molar-refractivity contribution in [2.24, 2.45) is 0 Å². The third-order valence-corrected chi connectivity index (χ3v) is 6.62. The second kappa shape index (κ2) is 7.49. The minimum absolute atomic E-state index is 0.190. The molecule has 1 aliphatic heterocycles. The number of carbonyl (C=O) groups is 2. The zero-order valence-corrected chi connectivity index (χ0v) is 17.2. The van der Waals surface area contributed by atoms with E-state index in [0.29, 0.717) is 24.8 Å². The molecule has 2 fully saturated rings. The van der Waals surface area contributed by atoms with Gasteiger partial charge in [-0.25, -0.2) is 8.78 Å². The fourth-order valence-corrected chi connectivity index (χ4v) is 4.89. The van der Waals surface area contributed by atoms with E-state index in [1.165, 1.54) is 17.0 Å². The van der Waals surface area contributed by atoms with Crippen molar-refractivity contribution < 1.29 is 36.1 Å². The van der Waals surface area contributed by atoms with Crippen LogP contribution in [0.1, 0.15) is 53.9 Å². The predicted octanol–water partition coefficient (Wildman–Crippen LogP) is 3.89. The number of nitrogens with zero attached hydrogens (tertiary/aromatic N) is 4. The molecule has 0 spiro atoms. The molecule has 2 heterocycles. The minimum Gasteiger partial charge on any atom is -0.331 e. The van der Waals surface area contributed by atoms with Crippen LogP contribution in [0.25, 0.3) is 11.4 Å². The highest BCUT2D eigenvalue weighted by molar-refractivity contribution is 5.99. The summed E-state index contributed by atoms with van der Waals surface area (Å²) in [4.78, 5) is 31.0. The smallest absolute Gasteiger partial charge is 0.331 e. The lowest BCUT2D eigenvalue weighted by Crippen LogP contribution is -2.54. The van der Waals surface area contributed by atoms with E-state index in [1.807, 2.05) is 0 Å². The first kappa shape index (κ1) is 21.8. The zero-order valence-electron chi connectivity index (χ0n) is 17.2. The molecule has 0 bridgehead atoms.